The molecule has 1 N–H and O–H groups in total. The fraction of sp³-hybridized carbons (Fsp3) is 0.636. The molecule has 0 unspecified atom stereocenters. The number of unbranched alkanes of at least 4 members (excludes halogenated alkanes) is 1. The molecule has 32 heavy (non-hydrogen) atoms. The van der Waals surface area contributed by atoms with Gasteiger partial charge in [-0.15, -0.1) is 0 Å². The van der Waals surface area contributed by atoms with Gasteiger partial charge in [0.25, 0.3) is 0 Å². The van der Waals surface area contributed by atoms with Crippen LogP contribution in [0, 0.1) is 0 Å². The van der Waals surface area contributed by atoms with Crippen LogP contribution in [0.1, 0.15) is 50.7 Å². The highest BCUT2D eigenvalue weighted by atomic mass is 32.2. The van der Waals surface area contributed by atoms with Gasteiger partial charge in [-0.05, 0) is 37.5 Å². The highest BCUT2D eigenvalue weighted by Crippen LogP contribution is 2.32. The Morgan fingerprint density at radius 1 is 1.09 bits per heavy atom. The molecule has 3 heterocycles. The van der Waals surface area contributed by atoms with Crippen LogP contribution in [0.15, 0.2) is 27.6 Å². The molecule has 9 nitrogen and oxygen atoms in total. The van der Waals surface area contributed by atoms with Crippen LogP contribution in [0.25, 0.3) is 0 Å². The molecule has 0 bridgehead atoms. The van der Waals surface area contributed by atoms with E-state index in [1.165, 1.54) is 0 Å². The van der Waals surface area contributed by atoms with E-state index in [1.807, 2.05) is 6.07 Å². The Balaban J connectivity index is 1.56. The highest BCUT2D eigenvalue weighted by Gasteiger charge is 2.27. The zero-order valence-electron chi connectivity index (χ0n) is 18.8. The number of ether oxygens (including phenoxy) is 1. The summed E-state index contributed by atoms with van der Waals surface area (Å²) in [4.78, 5) is 6.97. The number of sulfonamides is 1. The first-order valence-corrected chi connectivity index (χ1v) is 13.0. The molecule has 1 aromatic carbocycles. The zero-order chi connectivity index (χ0) is 22.4. The van der Waals surface area contributed by atoms with E-state index >= 15 is 0 Å². The van der Waals surface area contributed by atoms with Gasteiger partial charge in [-0.25, -0.2) is 8.42 Å². The molecule has 0 spiro atoms. The quantitative estimate of drug-likeness (QED) is 0.606. The van der Waals surface area contributed by atoms with Crippen molar-refractivity contribution in [2.75, 3.05) is 49.6 Å². The number of aryl methyl sites for hydroxylation is 1. The minimum atomic E-state index is -3.52. The Labute approximate surface area is 190 Å². The van der Waals surface area contributed by atoms with Gasteiger partial charge in [-0.3, -0.25) is 0 Å². The number of hydrogen-bond donors (Lipinski definition) is 1. The maximum absolute atomic E-state index is 13.2. The number of anilines is 2. The topological polar surface area (TPSA) is 101 Å². The molecule has 0 atom stereocenters. The molecule has 176 valence electrons. The van der Waals surface area contributed by atoms with Crippen LogP contribution in [0.2, 0.25) is 0 Å². The predicted molar refractivity (Wildman–Crippen MR) is 122 cm³/mol. The second-order valence-corrected chi connectivity index (χ2v) is 10.2. The highest BCUT2D eigenvalue weighted by molar-refractivity contribution is 7.89. The van der Waals surface area contributed by atoms with E-state index in [4.69, 9.17) is 9.26 Å². The lowest BCUT2D eigenvalue weighted by Crippen LogP contribution is -2.37. The molecule has 2 fully saturated rings. The van der Waals surface area contributed by atoms with Gasteiger partial charge in [-0.1, -0.05) is 24.9 Å². The smallest absolute Gasteiger partial charge is 0.245 e. The maximum atomic E-state index is 13.2. The molecule has 1 aromatic heterocycles. The van der Waals surface area contributed by atoms with Crippen molar-refractivity contribution in [1.82, 2.24) is 14.4 Å². The van der Waals surface area contributed by atoms with Crippen LogP contribution in [0.3, 0.4) is 0 Å². The van der Waals surface area contributed by atoms with E-state index < -0.39 is 10.0 Å². The summed E-state index contributed by atoms with van der Waals surface area (Å²) in [5.41, 5.74) is 1.70. The lowest BCUT2D eigenvalue weighted by molar-refractivity contribution is 0.123. The molecule has 2 aliphatic rings. The maximum Gasteiger partial charge on any atom is 0.245 e. The summed E-state index contributed by atoms with van der Waals surface area (Å²) in [7, 11) is -3.52. The number of piperidine rings is 1. The van der Waals surface area contributed by atoms with Crippen LogP contribution in [-0.4, -0.2) is 62.3 Å². The number of benzene rings is 1. The van der Waals surface area contributed by atoms with Gasteiger partial charge in [0.1, 0.15) is 0 Å². The third kappa shape index (κ3) is 5.41. The lowest BCUT2D eigenvalue weighted by atomic mass is 10.2. The predicted octanol–water partition coefficient (Wildman–Crippen LogP) is 3.04. The van der Waals surface area contributed by atoms with Crippen LogP contribution >= 0.6 is 0 Å². The molecule has 2 saturated heterocycles. The average molecular weight is 464 g/mol. The lowest BCUT2D eigenvalue weighted by Gasteiger charge is -2.31. The first-order chi connectivity index (χ1) is 15.6. The first-order valence-electron chi connectivity index (χ1n) is 11.6. The normalized spacial score (nSPS) is 18.1. The van der Waals surface area contributed by atoms with Crippen LogP contribution in [-0.2, 0) is 27.7 Å². The van der Waals surface area contributed by atoms with Gasteiger partial charge in [0.05, 0.1) is 36.0 Å². The summed E-state index contributed by atoms with van der Waals surface area (Å²) in [6, 6.07) is 5.35. The third-order valence-electron chi connectivity index (χ3n) is 5.97. The number of nitrogens with zero attached hydrogens (tertiary/aromatic N) is 4. The van der Waals surface area contributed by atoms with E-state index in [2.05, 4.69) is 27.3 Å². The standard InChI is InChI=1S/C22H33N5O4S/c1-2-3-7-21-24-22(31-25-21)17-23-19-16-18(32(28,29)27-10-5-4-6-11-27)8-9-20(19)26-12-14-30-15-13-26/h8-9,16,23H,2-7,10-15,17H2,1H3. The van der Waals surface area contributed by atoms with Crippen molar-refractivity contribution >= 4 is 21.4 Å². The Morgan fingerprint density at radius 3 is 2.62 bits per heavy atom. The van der Waals surface area contributed by atoms with Crippen molar-refractivity contribution in [3.8, 4) is 0 Å². The van der Waals surface area contributed by atoms with E-state index in [1.54, 1.807) is 16.4 Å². The fourth-order valence-electron chi connectivity index (χ4n) is 4.12. The second kappa shape index (κ2) is 10.6. The molecule has 0 aliphatic carbocycles. The Bertz CT molecular complexity index is 982. The molecule has 0 amide bonds. The minimum absolute atomic E-state index is 0.313. The third-order valence-corrected chi connectivity index (χ3v) is 7.86. The number of nitrogens with one attached hydrogen (secondary N) is 1. The summed E-state index contributed by atoms with van der Waals surface area (Å²) < 4.78 is 38.9. The first kappa shape index (κ1) is 23.0. The zero-order valence-corrected chi connectivity index (χ0v) is 19.6. The van der Waals surface area contributed by atoms with E-state index in [0.717, 1.165) is 63.0 Å². The van der Waals surface area contributed by atoms with E-state index in [0.29, 0.717) is 49.5 Å². The summed E-state index contributed by atoms with van der Waals surface area (Å²) >= 11 is 0. The largest absolute Gasteiger partial charge is 0.378 e. The molecule has 10 heteroatoms. The van der Waals surface area contributed by atoms with Gasteiger partial charge >= 0.3 is 0 Å². The minimum Gasteiger partial charge on any atom is -0.378 e. The molecule has 0 saturated carbocycles. The number of rotatable bonds is 9. The molecule has 0 radical (unpaired) electrons. The van der Waals surface area contributed by atoms with Gasteiger partial charge in [0, 0.05) is 32.6 Å². The summed E-state index contributed by atoms with van der Waals surface area (Å²) in [6.45, 7) is 6.45. The molecule has 4 rings (SSSR count). The molecular weight excluding hydrogens is 430 g/mol. The van der Waals surface area contributed by atoms with E-state index in [9.17, 15) is 8.42 Å². The van der Waals surface area contributed by atoms with Gasteiger partial charge < -0.3 is 19.5 Å². The molecule has 2 aliphatic heterocycles. The number of hydrogen-bond acceptors (Lipinski definition) is 8. The molecular formula is C22H33N5O4S. The molecule has 2 aromatic rings. The van der Waals surface area contributed by atoms with Gasteiger partial charge in [-0.2, -0.15) is 9.29 Å². The van der Waals surface area contributed by atoms with Crippen LogP contribution < -0.4 is 10.2 Å². The fourth-order valence-corrected chi connectivity index (χ4v) is 5.66. The number of aromatic nitrogens is 2. The van der Waals surface area contributed by atoms with Crippen molar-refractivity contribution in [3.63, 3.8) is 0 Å². The van der Waals surface area contributed by atoms with Crippen molar-refractivity contribution in [3.05, 3.63) is 29.9 Å². The SMILES string of the molecule is CCCCc1noc(CNc2cc(S(=O)(=O)N3CCCCC3)ccc2N2CCOCC2)n1. The van der Waals surface area contributed by atoms with Gasteiger partial charge in [0.15, 0.2) is 5.82 Å². The summed E-state index contributed by atoms with van der Waals surface area (Å²) in [6.07, 6.45) is 5.79. The van der Waals surface area contributed by atoms with Gasteiger partial charge in [0.2, 0.25) is 15.9 Å². The van der Waals surface area contributed by atoms with Crippen LogP contribution in [0.4, 0.5) is 11.4 Å². The monoisotopic (exact) mass is 463 g/mol. The van der Waals surface area contributed by atoms with Crippen molar-refractivity contribution in [2.45, 2.75) is 56.9 Å². The van der Waals surface area contributed by atoms with Crippen molar-refractivity contribution in [1.29, 1.82) is 0 Å². The van der Waals surface area contributed by atoms with Crippen LogP contribution in [0.5, 0.6) is 0 Å². The second-order valence-electron chi connectivity index (χ2n) is 8.30. The van der Waals surface area contributed by atoms with Crippen molar-refractivity contribution < 1.29 is 17.7 Å². The Hall–Kier alpha value is -2.17. The number of morpholine rings is 1. The van der Waals surface area contributed by atoms with E-state index in [-0.39, 0.29) is 0 Å². The average Bonchev–Trinajstić information content (AvgIpc) is 3.30. The Morgan fingerprint density at radius 2 is 1.88 bits per heavy atom. The van der Waals surface area contributed by atoms with Crippen molar-refractivity contribution in [2.24, 2.45) is 0 Å². The summed E-state index contributed by atoms with van der Waals surface area (Å²) in [5.74, 6) is 1.20. The summed E-state index contributed by atoms with van der Waals surface area (Å²) in [5, 5.41) is 7.39. The Kier molecular flexibility index (Phi) is 7.64.